The van der Waals surface area contributed by atoms with Crippen molar-refractivity contribution >= 4 is 16.7 Å². The first-order valence-electron chi connectivity index (χ1n) is 4.47. The van der Waals surface area contributed by atoms with E-state index in [-0.39, 0.29) is 0 Å². The fourth-order valence-electron chi connectivity index (χ4n) is 1.60. The van der Waals surface area contributed by atoms with Crippen LogP contribution in [-0.4, -0.2) is 7.11 Å². The molecule has 0 aliphatic rings. The van der Waals surface area contributed by atoms with Crippen molar-refractivity contribution in [3.63, 3.8) is 0 Å². The number of fused-ring (bicyclic) bond motifs is 1. The van der Waals surface area contributed by atoms with Crippen LogP contribution in [0, 0.1) is 13.8 Å². The Kier molecular flexibility index (Phi) is 1.88. The molecule has 0 saturated heterocycles. The van der Waals surface area contributed by atoms with E-state index in [4.69, 9.17) is 14.9 Å². The average molecular weight is 191 g/mol. The van der Waals surface area contributed by atoms with Gasteiger partial charge in [-0.3, -0.25) is 0 Å². The first-order valence-corrected chi connectivity index (χ1v) is 4.47. The predicted octanol–water partition coefficient (Wildman–Crippen LogP) is 2.64. The number of ether oxygens (including phenoxy) is 1. The molecular formula is C11H13NO2. The summed E-state index contributed by atoms with van der Waals surface area (Å²) in [5.74, 6) is 1.53. The maximum absolute atomic E-state index is 5.77. The lowest BCUT2D eigenvalue weighted by Crippen LogP contribution is -1.91. The first-order chi connectivity index (χ1) is 6.65. The largest absolute Gasteiger partial charge is 0.491 e. The summed E-state index contributed by atoms with van der Waals surface area (Å²) in [5, 5.41) is 1.06. The molecule has 3 nitrogen and oxygen atoms in total. The second-order valence-corrected chi connectivity index (χ2v) is 3.35. The molecule has 0 spiro atoms. The van der Waals surface area contributed by atoms with Crippen molar-refractivity contribution in [1.82, 2.24) is 0 Å². The van der Waals surface area contributed by atoms with E-state index in [1.807, 2.05) is 26.0 Å². The highest BCUT2D eigenvalue weighted by molar-refractivity contribution is 5.91. The fraction of sp³-hybridized carbons (Fsp3) is 0.273. The zero-order valence-corrected chi connectivity index (χ0v) is 8.55. The molecule has 74 valence electrons. The van der Waals surface area contributed by atoms with Crippen LogP contribution in [-0.2, 0) is 0 Å². The quantitative estimate of drug-likeness (QED) is 0.705. The fourth-order valence-corrected chi connectivity index (χ4v) is 1.60. The molecule has 2 aromatic rings. The van der Waals surface area contributed by atoms with Gasteiger partial charge in [0, 0.05) is 5.39 Å². The number of benzene rings is 1. The Morgan fingerprint density at radius 3 is 2.64 bits per heavy atom. The van der Waals surface area contributed by atoms with Crippen LogP contribution in [0.25, 0.3) is 11.0 Å². The van der Waals surface area contributed by atoms with Gasteiger partial charge >= 0.3 is 0 Å². The van der Waals surface area contributed by atoms with Crippen molar-refractivity contribution in [2.75, 3.05) is 12.8 Å². The van der Waals surface area contributed by atoms with Gasteiger partial charge in [-0.1, -0.05) is 0 Å². The van der Waals surface area contributed by atoms with E-state index < -0.39 is 0 Å². The van der Waals surface area contributed by atoms with Crippen LogP contribution < -0.4 is 10.5 Å². The Balaban J connectivity index is 2.88. The molecule has 2 N–H and O–H groups in total. The third kappa shape index (κ3) is 1.05. The minimum atomic E-state index is 0.605. The maximum atomic E-state index is 5.77. The van der Waals surface area contributed by atoms with Crippen LogP contribution in [0.5, 0.6) is 5.75 Å². The van der Waals surface area contributed by atoms with Crippen LogP contribution >= 0.6 is 0 Å². The SMILES string of the molecule is COc1c(N)ccc2c(C)c(C)oc12. The molecule has 14 heavy (non-hydrogen) atoms. The smallest absolute Gasteiger partial charge is 0.185 e. The molecule has 0 aliphatic carbocycles. The summed E-state index contributed by atoms with van der Waals surface area (Å²) in [6, 6.07) is 3.79. The molecule has 0 fully saturated rings. The molecular weight excluding hydrogens is 178 g/mol. The van der Waals surface area contributed by atoms with E-state index >= 15 is 0 Å². The average Bonchev–Trinajstić information content (AvgIpc) is 2.43. The number of nitrogens with two attached hydrogens (primary N) is 1. The Morgan fingerprint density at radius 1 is 1.29 bits per heavy atom. The summed E-state index contributed by atoms with van der Waals surface area (Å²) in [6.45, 7) is 3.96. The second kappa shape index (κ2) is 2.94. The number of anilines is 1. The number of hydrogen-bond acceptors (Lipinski definition) is 3. The minimum Gasteiger partial charge on any atom is -0.491 e. The highest BCUT2D eigenvalue weighted by Gasteiger charge is 2.13. The van der Waals surface area contributed by atoms with Crippen LogP contribution in [0.4, 0.5) is 5.69 Å². The molecule has 1 heterocycles. The standard InChI is InChI=1S/C11H13NO2/c1-6-7(2)14-10-8(6)4-5-9(12)11(10)13-3/h4-5H,12H2,1-3H3. The zero-order valence-electron chi connectivity index (χ0n) is 8.55. The molecule has 1 aromatic carbocycles. The molecule has 0 amide bonds. The van der Waals surface area contributed by atoms with E-state index in [2.05, 4.69) is 0 Å². The van der Waals surface area contributed by atoms with Gasteiger partial charge in [0.25, 0.3) is 0 Å². The minimum absolute atomic E-state index is 0.605. The van der Waals surface area contributed by atoms with Gasteiger partial charge < -0.3 is 14.9 Å². The summed E-state index contributed by atoms with van der Waals surface area (Å²) in [7, 11) is 1.60. The van der Waals surface area contributed by atoms with Crippen molar-refractivity contribution in [3.8, 4) is 5.75 Å². The summed E-state index contributed by atoms with van der Waals surface area (Å²) in [5.41, 5.74) is 8.25. The maximum Gasteiger partial charge on any atom is 0.185 e. The van der Waals surface area contributed by atoms with Gasteiger partial charge in [-0.05, 0) is 31.5 Å². The number of hydrogen-bond donors (Lipinski definition) is 1. The van der Waals surface area contributed by atoms with Gasteiger partial charge in [-0.25, -0.2) is 0 Å². The lowest BCUT2D eigenvalue weighted by Gasteiger charge is -2.03. The van der Waals surface area contributed by atoms with E-state index in [0.29, 0.717) is 11.4 Å². The summed E-state index contributed by atoms with van der Waals surface area (Å²) >= 11 is 0. The van der Waals surface area contributed by atoms with Gasteiger partial charge in [0.1, 0.15) is 5.76 Å². The van der Waals surface area contributed by atoms with Gasteiger partial charge in [-0.2, -0.15) is 0 Å². The molecule has 1 aromatic heterocycles. The highest BCUT2D eigenvalue weighted by Crippen LogP contribution is 2.35. The third-order valence-electron chi connectivity index (χ3n) is 2.53. The Morgan fingerprint density at radius 2 is 2.00 bits per heavy atom. The van der Waals surface area contributed by atoms with E-state index in [1.54, 1.807) is 7.11 Å². The van der Waals surface area contributed by atoms with Crippen LogP contribution in [0.3, 0.4) is 0 Å². The number of nitrogen functional groups attached to an aromatic ring is 1. The van der Waals surface area contributed by atoms with Gasteiger partial charge in [0.15, 0.2) is 11.3 Å². The molecule has 0 saturated carbocycles. The van der Waals surface area contributed by atoms with Crippen molar-refractivity contribution in [2.45, 2.75) is 13.8 Å². The summed E-state index contributed by atoms with van der Waals surface area (Å²) < 4.78 is 10.8. The molecule has 3 heteroatoms. The number of aryl methyl sites for hydroxylation is 2. The third-order valence-corrected chi connectivity index (χ3v) is 2.53. The van der Waals surface area contributed by atoms with Crippen molar-refractivity contribution in [2.24, 2.45) is 0 Å². The Bertz CT molecular complexity index is 485. The van der Waals surface area contributed by atoms with Crippen LogP contribution in [0.2, 0.25) is 0 Å². The predicted molar refractivity (Wildman–Crippen MR) is 56.7 cm³/mol. The lowest BCUT2D eigenvalue weighted by molar-refractivity contribution is 0.411. The van der Waals surface area contributed by atoms with E-state index in [1.165, 1.54) is 0 Å². The van der Waals surface area contributed by atoms with Gasteiger partial charge in [-0.15, -0.1) is 0 Å². The molecule has 0 bridgehead atoms. The van der Waals surface area contributed by atoms with E-state index in [0.717, 1.165) is 22.3 Å². The highest BCUT2D eigenvalue weighted by atomic mass is 16.5. The number of furan rings is 1. The normalized spacial score (nSPS) is 10.8. The van der Waals surface area contributed by atoms with E-state index in [9.17, 15) is 0 Å². The summed E-state index contributed by atoms with van der Waals surface area (Å²) in [6.07, 6.45) is 0. The number of rotatable bonds is 1. The second-order valence-electron chi connectivity index (χ2n) is 3.35. The summed E-state index contributed by atoms with van der Waals surface area (Å²) in [4.78, 5) is 0. The van der Waals surface area contributed by atoms with Crippen molar-refractivity contribution in [3.05, 3.63) is 23.5 Å². The van der Waals surface area contributed by atoms with Crippen LogP contribution in [0.15, 0.2) is 16.5 Å². The topological polar surface area (TPSA) is 48.4 Å². The first kappa shape index (κ1) is 8.94. The van der Waals surface area contributed by atoms with Crippen molar-refractivity contribution < 1.29 is 9.15 Å². The molecule has 0 unspecified atom stereocenters. The van der Waals surface area contributed by atoms with Gasteiger partial charge in [0.2, 0.25) is 0 Å². The number of methoxy groups -OCH3 is 1. The van der Waals surface area contributed by atoms with Crippen LogP contribution in [0.1, 0.15) is 11.3 Å². The lowest BCUT2D eigenvalue weighted by atomic mass is 10.1. The molecule has 0 atom stereocenters. The Hall–Kier alpha value is -1.64. The molecule has 2 rings (SSSR count). The zero-order chi connectivity index (χ0) is 10.3. The van der Waals surface area contributed by atoms with Gasteiger partial charge in [0.05, 0.1) is 12.8 Å². The Labute approximate surface area is 82.5 Å². The van der Waals surface area contributed by atoms with Crippen molar-refractivity contribution in [1.29, 1.82) is 0 Å². The molecule has 0 radical (unpaired) electrons. The molecule has 0 aliphatic heterocycles. The monoisotopic (exact) mass is 191 g/mol.